The molecular formula is C12H8FIO. The zero-order valence-electron chi connectivity index (χ0n) is 7.78. The smallest absolute Gasteiger partial charge is 0.213 e. The number of hydrogen-bond donors (Lipinski definition) is 0. The summed E-state index contributed by atoms with van der Waals surface area (Å²) < 4.78 is 11.3. The molecule has 0 amide bonds. The Balaban J connectivity index is 2.52. The summed E-state index contributed by atoms with van der Waals surface area (Å²) in [5.41, 5.74) is 0.426. The predicted octanol–water partition coefficient (Wildman–Crippen LogP) is 3.75. The minimum absolute atomic E-state index is 0.426. The van der Waals surface area contributed by atoms with Crippen molar-refractivity contribution in [2.75, 3.05) is 0 Å². The van der Waals surface area contributed by atoms with Crippen LogP contribution in [0.15, 0.2) is 42.5 Å². The number of hydrogen-bond acceptors (Lipinski definition) is 1. The Morgan fingerprint density at radius 3 is 2.47 bits per heavy atom. The third-order valence-electron chi connectivity index (χ3n) is 2.23. The number of halogens is 2. The Hall–Kier alpha value is -0.970. The molecule has 1 atom stereocenters. The topological polar surface area (TPSA) is 17.1 Å². The van der Waals surface area contributed by atoms with Gasteiger partial charge in [0.1, 0.15) is 0 Å². The van der Waals surface area contributed by atoms with Crippen molar-refractivity contribution in [1.82, 2.24) is 0 Å². The maximum atomic E-state index is 12.8. The maximum Gasteiger partial charge on any atom is 0.213 e. The Morgan fingerprint density at radius 1 is 1.13 bits per heavy atom. The molecule has 0 saturated carbocycles. The van der Waals surface area contributed by atoms with Crippen LogP contribution < -0.4 is 0 Å². The van der Waals surface area contributed by atoms with Gasteiger partial charge in [-0.25, -0.2) is 4.39 Å². The van der Waals surface area contributed by atoms with Crippen LogP contribution in [0.4, 0.5) is 4.39 Å². The second-order valence-corrected chi connectivity index (χ2v) is 4.32. The molecule has 1 unspecified atom stereocenters. The molecule has 0 aliphatic carbocycles. The Bertz CT molecular complexity index is 508. The van der Waals surface area contributed by atoms with Crippen LogP contribution in [-0.2, 0) is 0 Å². The summed E-state index contributed by atoms with van der Waals surface area (Å²) in [4.78, 5) is 11.4. The van der Waals surface area contributed by atoms with E-state index in [2.05, 4.69) is 0 Å². The van der Waals surface area contributed by atoms with Gasteiger partial charge in [0, 0.05) is 5.56 Å². The average molecular weight is 314 g/mol. The molecule has 76 valence electrons. The van der Waals surface area contributed by atoms with E-state index in [-0.39, 0.29) is 0 Å². The van der Waals surface area contributed by atoms with Gasteiger partial charge in [0.15, 0.2) is 0 Å². The first-order chi connectivity index (χ1) is 7.18. The van der Waals surface area contributed by atoms with Crippen LogP contribution in [0.25, 0.3) is 10.8 Å². The molecule has 0 aromatic heterocycles. The molecule has 0 spiro atoms. The van der Waals surface area contributed by atoms with E-state index >= 15 is 0 Å². The van der Waals surface area contributed by atoms with E-state index in [0.717, 1.165) is 10.8 Å². The van der Waals surface area contributed by atoms with Crippen LogP contribution in [0.1, 0.15) is 10.4 Å². The fourth-order valence-corrected chi connectivity index (χ4v) is 1.83. The highest BCUT2D eigenvalue weighted by Gasteiger charge is 2.15. The quantitative estimate of drug-likeness (QED) is 0.469. The van der Waals surface area contributed by atoms with Crippen LogP contribution in [-0.4, -0.2) is 9.96 Å². The molecule has 0 saturated heterocycles. The van der Waals surface area contributed by atoms with E-state index in [0.29, 0.717) is 5.56 Å². The van der Waals surface area contributed by atoms with Gasteiger partial charge < -0.3 is 0 Å². The summed E-state index contributed by atoms with van der Waals surface area (Å²) in [7, 11) is 0. The summed E-state index contributed by atoms with van der Waals surface area (Å²) in [5.74, 6) is -0.471. The number of carbonyl (C=O) groups excluding carboxylic acids is 1. The molecule has 0 heterocycles. The van der Waals surface area contributed by atoms with Crippen molar-refractivity contribution in [3.8, 4) is 0 Å². The van der Waals surface area contributed by atoms with Gasteiger partial charge in [-0.1, -0.05) is 36.4 Å². The minimum Gasteiger partial charge on any atom is -0.290 e. The fourth-order valence-electron chi connectivity index (χ4n) is 1.47. The van der Waals surface area contributed by atoms with Crippen molar-refractivity contribution in [1.29, 1.82) is 0 Å². The molecule has 2 rings (SSSR count). The van der Waals surface area contributed by atoms with E-state index in [4.69, 9.17) is 0 Å². The van der Waals surface area contributed by atoms with E-state index in [1.165, 1.54) is 22.6 Å². The summed E-state index contributed by atoms with van der Waals surface area (Å²) in [6.45, 7) is 0. The van der Waals surface area contributed by atoms with Crippen molar-refractivity contribution >= 4 is 39.1 Å². The van der Waals surface area contributed by atoms with Crippen molar-refractivity contribution < 1.29 is 9.18 Å². The number of alkyl halides is 2. The standard InChI is InChI=1S/C12H8FIO/c13-12(14)11(15)10-6-5-8-3-1-2-4-9(8)7-10/h1-7,12H. The maximum absolute atomic E-state index is 12.8. The first-order valence-electron chi connectivity index (χ1n) is 4.49. The second kappa shape index (κ2) is 4.26. The van der Waals surface area contributed by atoms with E-state index in [1.807, 2.05) is 30.3 Å². The minimum atomic E-state index is -1.47. The molecule has 0 aliphatic heterocycles. The van der Waals surface area contributed by atoms with Gasteiger partial charge in [0.25, 0.3) is 0 Å². The largest absolute Gasteiger partial charge is 0.290 e. The van der Waals surface area contributed by atoms with Crippen LogP contribution >= 0.6 is 22.6 Å². The lowest BCUT2D eigenvalue weighted by molar-refractivity contribution is 0.0948. The van der Waals surface area contributed by atoms with E-state index in [1.54, 1.807) is 12.1 Å². The molecule has 15 heavy (non-hydrogen) atoms. The van der Waals surface area contributed by atoms with E-state index < -0.39 is 9.96 Å². The first kappa shape index (κ1) is 10.5. The van der Waals surface area contributed by atoms with Crippen molar-refractivity contribution in [3.05, 3.63) is 48.0 Å². The zero-order chi connectivity index (χ0) is 10.8. The Morgan fingerprint density at radius 2 is 1.80 bits per heavy atom. The highest BCUT2D eigenvalue weighted by Crippen LogP contribution is 2.18. The lowest BCUT2D eigenvalue weighted by atomic mass is 10.1. The highest BCUT2D eigenvalue weighted by molar-refractivity contribution is 14.1. The zero-order valence-corrected chi connectivity index (χ0v) is 9.94. The van der Waals surface area contributed by atoms with Crippen molar-refractivity contribution in [3.63, 3.8) is 0 Å². The normalized spacial score (nSPS) is 12.7. The van der Waals surface area contributed by atoms with Gasteiger partial charge in [0.2, 0.25) is 9.96 Å². The van der Waals surface area contributed by atoms with Crippen molar-refractivity contribution in [2.45, 2.75) is 4.18 Å². The number of Topliss-reactive ketones (excluding diaryl/α,β-unsaturated/α-hetero) is 1. The average Bonchev–Trinajstić information content (AvgIpc) is 2.27. The van der Waals surface area contributed by atoms with Gasteiger partial charge >= 0.3 is 0 Å². The van der Waals surface area contributed by atoms with Crippen LogP contribution in [0.5, 0.6) is 0 Å². The number of benzene rings is 2. The summed E-state index contributed by atoms with van der Waals surface area (Å²) in [6.07, 6.45) is 0. The molecule has 0 fully saturated rings. The van der Waals surface area contributed by atoms with Crippen molar-refractivity contribution in [2.24, 2.45) is 0 Å². The first-order valence-corrected chi connectivity index (χ1v) is 5.74. The van der Waals surface area contributed by atoms with Gasteiger partial charge in [-0.15, -0.1) is 0 Å². The molecule has 0 bridgehead atoms. The molecule has 2 aromatic rings. The molecule has 0 aliphatic rings. The lowest BCUT2D eigenvalue weighted by Gasteiger charge is -2.02. The monoisotopic (exact) mass is 314 g/mol. The third-order valence-corrected chi connectivity index (χ3v) is 2.80. The molecule has 3 heteroatoms. The summed E-state index contributed by atoms with van der Waals surface area (Å²) in [6, 6.07) is 12.9. The lowest BCUT2D eigenvalue weighted by Crippen LogP contribution is -2.07. The van der Waals surface area contributed by atoms with Crippen LogP contribution in [0, 0.1) is 0 Å². The predicted molar refractivity (Wildman–Crippen MR) is 67.2 cm³/mol. The number of rotatable bonds is 2. The van der Waals surface area contributed by atoms with Gasteiger partial charge in [-0.3, -0.25) is 4.79 Å². The number of carbonyl (C=O) groups is 1. The molecule has 2 aromatic carbocycles. The fraction of sp³-hybridized carbons (Fsp3) is 0.0833. The number of fused-ring (bicyclic) bond motifs is 1. The molecule has 1 nitrogen and oxygen atoms in total. The van der Waals surface area contributed by atoms with Crippen LogP contribution in [0.2, 0.25) is 0 Å². The molecule has 0 N–H and O–H groups in total. The second-order valence-electron chi connectivity index (χ2n) is 3.23. The van der Waals surface area contributed by atoms with Gasteiger partial charge in [0.05, 0.1) is 0 Å². The van der Waals surface area contributed by atoms with Gasteiger partial charge in [-0.05, 0) is 39.4 Å². The Kier molecular flexibility index (Phi) is 3.00. The van der Waals surface area contributed by atoms with Crippen LogP contribution in [0.3, 0.4) is 0 Å². The summed E-state index contributed by atoms with van der Waals surface area (Å²) in [5, 5.41) is 2.01. The number of ketones is 1. The SMILES string of the molecule is O=C(c1ccc2ccccc2c1)C(F)I. The van der Waals surface area contributed by atoms with E-state index in [9.17, 15) is 9.18 Å². The Labute approximate surface area is 100 Å². The molecule has 0 radical (unpaired) electrons. The van der Waals surface area contributed by atoms with Gasteiger partial charge in [-0.2, -0.15) is 0 Å². The summed E-state index contributed by atoms with van der Waals surface area (Å²) >= 11 is 1.48. The molecular weight excluding hydrogens is 306 g/mol. The third kappa shape index (κ3) is 2.17. The highest BCUT2D eigenvalue weighted by atomic mass is 127.